The largest absolute Gasteiger partial charge is 0.493 e. The lowest BCUT2D eigenvalue weighted by atomic mass is 10.1. The number of amides is 4. The molecule has 0 bridgehead atoms. The lowest BCUT2D eigenvalue weighted by Crippen LogP contribution is -2.53. The van der Waals surface area contributed by atoms with Gasteiger partial charge in [0, 0.05) is 0 Å². The molecule has 1 N–H and O–H groups in total. The molecule has 3 rings (SSSR count). The summed E-state index contributed by atoms with van der Waals surface area (Å²) in [5, 5.41) is 2.46. The van der Waals surface area contributed by atoms with Crippen molar-refractivity contribution in [3.05, 3.63) is 52.1 Å². The molecule has 1 saturated heterocycles. The van der Waals surface area contributed by atoms with Gasteiger partial charge in [-0.2, -0.15) is 0 Å². The molecular weight excluding hydrogens is 476 g/mol. The maximum absolute atomic E-state index is 13.2. The first-order valence-corrected chi connectivity index (χ1v) is 11.4. The summed E-state index contributed by atoms with van der Waals surface area (Å²) in [6, 6.07) is 7.45. The first-order valence-electron chi connectivity index (χ1n) is 11.0. The molecule has 0 unspecified atom stereocenters. The molecule has 35 heavy (non-hydrogen) atoms. The van der Waals surface area contributed by atoms with Gasteiger partial charge in [0.15, 0.2) is 23.0 Å². The fourth-order valence-corrected chi connectivity index (χ4v) is 3.76. The Balaban J connectivity index is 1.91. The van der Waals surface area contributed by atoms with Crippen LogP contribution < -0.4 is 24.3 Å². The minimum atomic E-state index is -0.815. The molecule has 1 aliphatic heterocycles. The van der Waals surface area contributed by atoms with E-state index in [1.807, 2.05) is 6.92 Å². The van der Waals surface area contributed by atoms with Crippen LogP contribution in [0.15, 0.2) is 35.9 Å². The molecule has 1 aliphatic rings. The zero-order valence-corrected chi connectivity index (χ0v) is 20.7. The molecule has 4 amide bonds. The third-order valence-electron chi connectivity index (χ3n) is 5.06. The zero-order chi connectivity index (χ0) is 25.5. The molecule has 0 atom stereocenters. The number of methoxy groups -OCH3 is 2. The standard InChI is InChI=1S/C25H27ClN2O7/c1-5-9-35-19-8-7-15(12-20(19)32-3)14-28-24(30)17(23(29)27-25(28)31)10-16-11-18(26)22(33-4)21(13-16)34-6-2/h7-8,10-13H,5-6,9,14H2,1-4H3,(H,27,29,31)/b17-10+. The van der Waals surface area contributed by atoms with Crippen LogP contribution in [-0.4, -0.2) is 50.2 Å². The van der Waals surface area contributed by atoms with Crippen molar-refractivity contribution >= 4 is 35.5 Å². The van der Waals surface area contributed by atoms with E-state index in [0.29, 0.717) is 47.3 Å². The normalized spacial score (nSPS) is 14.7. The number of imide groups is 2. The van der Waals surface area contributed by atoms with Crippen LogP contribution in [0.3, 0.4) is 0 Å². The Labute approximate surface area is 208 Å². The van der Waals surface area contributed by atoms with E-state index in [1.165, 1.54) is 26.4 Å². The summed E-state index contributed by atoms with van der Waals surface area (Å²) in [7, 11) is 2.97. The second kappa shape index (κ2) is 11.6. The summed E-state index contributed by atoms with van der Waals surface area (Å²) in [5.74, 6) is 0.195. The van der Waals surface area contributed by atoms with Crippen molar-refractivity contribution in [1.82, 2.24) is 10.2 Å². The maximum atomic E-state index is 13.2. The minimum absolute atomic E-state index is 0.0761. The summed E-state index contributed by atoms with van der Waals surface area (Å²) >= 11 is 6.29. The van der Waals surface area contributed by atoms with Crippen LogP contribution in [0.4, 0.5) is 4.79 Å². The van der Waals surface area contributed by atoms with E-state index in [2.05, 4.69) is 5.32 Å². The average molecular weight is 503 g/mol. The van der Waals surface area contributed by atoms with E-state index in [1.54, 1.807) is 31.2 Å². The summed E-state index contributed by atoms with van der Waals surface area (Å²) in [5.41, 5.74) is 0.836. The van der Waals surface area contributed by atoms with E-state index in [-0.39, 0.29) is 17.1 Å². The average Bonchev–Trinajstić information content (AvgIpc) is 2.83. The van der Waals surface area contributed by atoms with Crippen LogP contribution in [0.5, 0.6) is 23.0 Å². The Bertz CT molecular complexity index is 1160. The molecular formula is C25H27ClN2O7. The number of carbonyl (C=O) groups excluding carboxylic acids is 3. The van der Waals surface area contributed by atoms with Gasteiger partial charge >= 0.3 is 6.03 Å². The molecule has 2 aromatic carbocycles. The first-order chi connectivity index (χ1) is 16.8. The van der Waals surface area contributed by atoms with Gasteiger partial charge in [-0.1, -0.05) is 24.6 Å². The number of ether oxygens (including phenoxy) is 4. The Morgan fingerprint density at radius 1 is 0.971 bits per heavy atom. The van der Waals surface area contributed by atoms with Crippen LogP contribution in [0.25, 0.3) is 6.08 Å². The van der Waals surface area contributed by atoms with Crippen molar-refractivity contribution in [2.45, 2.75) is 26.8 Å². The number of halogens is 1. The monoisotopic (exact) mass is 502 g/mol. The van der Waals surface area contributed by atoms with E-state index in [0.717, 1.165) is 11.3 Å². The van der Waals surface area contributed by atoms with Gasteiger partial charge in [-0.3, -0.25) is 19.8 Å². The fraction of sp³-hybridized carbons (Fsp3) is 0.320. The smallest absolute Gasteiger partial charge is 0.331 e. The Morgan fingerprint density at radius 3 is 2.40 bits per heavy atom. The van der Waals surface area contributed by atoms with E-state index in [9.17, 15) is 14.4 Å². The van der Waals surface area contributed by atoms with Gasteiger partial charge in [-0.15, -0.1) is 0 Å². The van der Waals surface area contributed by atoms with Crippen molar-refractivity contribution in [2.75, 3.05) is 27.4 Å². The highest BCUT2D eigenvalue weighted by molar-refractivity contribution is 6.33. The van der Waals surface area contributed by atoms with Gasteiger partial charge in [-0.05, 0) is 54.8 Å². The minimum Gasteiger partial charge on any atom is -0.493 e. The van der Waals surface area contributed by atoms with Crippen LogP contribution in [0, 0.1) is 0 Å². The first kappa shape index (κ1) is 25.9. The number of hydrogen-bond donors (Lipinski definition) is 1. The molecule has 10 heteroatoms. The molecule has 0 aromatic heterocycles. The van der Waals surface area contributed by atoms with Gasteiger partial charge in [0.25, 0.3) is 11.8 Å². The topological polar surface area (TPSA) is 103 Å². The van der Waals surface area contributed by atoms with E-state index >= 15 is 0 Å². The lowest BCUT2D eigenvalue weighted by molar-refractivity contribution is -0.130. The van der Waals surface area contributed by atoms with E-state index < -0.39 is 17.8 Å². The lowest BCUT2D eigenvalue weighted by Gasteiger charge is -2.26. The molecule has 0 spiro atoms. The number of nitrogens with one attached hydrogen (secondary N) is 1. The van der Waals surface area contributed by atoms with Crippen LogP contribution in [-0.2, 0) is 16.1 Å². The molecule has 2 aromatic rings. The van der Waals surface area contributed by atoms with Crippen molar-refractivity contribution in [2.24, 2.45) is 0 Å². The second-order valence-electron chi connectivity index (χ2n) is 7.51. The van der Waals surface area contributed by atoms with Gasteiger partial charge in [0.05, 0.1) is 39.0 Å². The van der Waals surface area contributed by atoms with Crippen molar-refractivity contribution in [3.8, 4) is 23.0 Å². The predicted octanol–water partition coefficient (Wildman–Crippen LogP) is 4.21. The van der Waals surface area contributed by atoms with Gasteiger partial charge in [-0.25, -0.2) is 4.79 Å². The molecule has 0 saturated carbocycles. The molecule has 186 valence electrons. The second-order valence-corrected chi connectivity index (χ2v) is 7.92. The van der Waals surface area contributed by atoms with Gasteiger partial charge in [0.2, 0.25) is 0 Å². The molecule has 9 nitrogen and oxygen atoms in total. The molecule has 1 heterocycles. The highest BCUT2D eigenvalue weighted by Gasteiger charge is 2.36. The Morgan fingerprint density at radius 2 is 1.74 bits per heavy atom. The number of barbiturate groups is 1. The highest BCUT2D eigenvalue weighted by atomic mass is 35.5. The number of hydrogen-bond acceptors (Lipinski definition) is 7. The van der Waals surface area contributed by atoms with Crippen molar-refractivity contribution in [3.63, 3.8) is 0 Å². The molecule has 0 radical (unpaired) electrons. The number of benzene rings is 2. The molecule has 0 aliphatic carbocycles. The summed E-state index contributed by atoms with van der Waals surface area (Å²) in [6.07, 6.45) is 2.19. The van der Waals surface area contributed by atoms with Crippen molar-refractivity contribution in [1.29, 1.82) is 0 Å². The fourth-order valence-electron chi connectivity index (χ4n) is 3.46. The number of urea groups is 1. The predicted molar refractivity (Wildman–Crippen MR) is 130 cm³/mol. The summed E-state index contributed by atoms with van der Waals surface area (Å²) < 4.78 is 21.8. The summed E-state index contributed by atoms with van der Waals surface area (Å²) in [6.45, 7) is 4.61. The number of carbonyl (C=O) groups is 3. The SMILES string of the molecule is CCCOc1ccc(CN2C(=O)NC(=O)/C(=C\c3cc(Cl)c(OC)c(OCC)c3)C2=O)cc1OC. The Hall–Kier alpha value is -3.72. The van der Waals surface area contributed by atoms with Gasteiger partial charge in [0.1, 0.15) is 5.57 Å². The third kappa shape index (κ3) is 5.86. The van der Waals surface area contributed by atoms with E-state index in [4.69, 9.17) is 30.5 Å². The van der Waals surface area contributed by atoms with Crippen LogP contribution in [0.2, 0.25) is 5.02 Å². The van der Waals surface area contributed by atoms with Crippen molar-refractivity contribution < 1.29 is 33.3 Å². The highest BCUT2D eigenvalue weighted by Crippen LogP contribution is 2.37. The number of rotatable bonds is 10. The zero-order valence-electron chi connectivity index (χ0n) is 20.0. The van der Waals surface area contributed by atoms with Crippen LogP contribution >= 0.6 is 11.6 Å². The van der Waals surface area contributed by atoms with Crippen LogP contribution in [0.1, 0.15) is 31.4 Å². The molecule has 1 fully saturated rings. The Kier molecular flexibility index (Phi) is 8.59. The quantitative estimate of drug-likeness (QED) is 0.383. The van der Waals surface area contributed by atoms with Gasteiger partial charge < -0.3 is 18.9 Å². The summed E-state index contributed by atoms with van der Waals surface area (Å²) in [4.78, 5) is 39.1. The third-order valence-corrected chi connectivity index (χ3v) is 5.34. The number of nitrogens with zero attached hydrogens (tertiary/aromatic N) is 1. The maximum Gasteiger partial charge on any atom is 0.331 e.